The molecule has 0 unspecified atom stereocenters. The van der Waals surface area contributed by atoms with Crippen LogP contribution >= 0.6 is 0 Å². The highest BCUT2D eigenvalue weighted by atomic mass is 19.1. The average molecular weight is 269 g/mol. The van der Waals surface area contributed by atoms with Gasteiger partial charge < -0.3 is 10.4 Å². The molecule has 0 aliphatic heterocycles. The molecule has 102 valence electrons. The second kappa shape index (κ2) is 6.63. The number of carbonyl (C=O) groups excluding carboxylic acids is 1. The first-order valence-corrected chi connectivity index (χ1v) is 5.55. The van der Waals surface area contributed by atoms with E-state index < -0.39 is 35.1 Å². The second-order valence-corrected chi connectivity index (χ2v) is 3.85. The Balaban J connectivity index is 2.81. The number of amides is 1. The Kier molecular flexibility index (Phi) is 5.17. The van der Waals surface area contributed by atoms with Crippen LogP contribution in [-0.2, 0) is 4.79 Å². The summed E-state index contributed by atoms with van der Waals surface area (Å²) in [4.78, 5) is 22.6. The van der Waals surface area contributed by atoms with E-state index in [1.807, 2.05) is 0 Å². The van der Waals surface area contributed by atoms with Crippen LogP contribution in [0.5, 0.6) is 0 Å². The molecular weight excluding hydrogens is 256 g/mol. The fraction of sp³-hybridized carbons (Fsp3) is 0.231. The van der Waals surface area contributed by atoms with E-state index in [0.29, 0.717) is 12.5 Å². The lowest BCUT2D eigenvalue weighted by atomic mass is 10.1. The van der Waals surface area contributed by atoms with Crippen molar-refractivity contribution in [1.29, 1.82) is 0 Å². The number of hydrogen-bond acceptors (Lipinski definition) is 2. The minimum Gasteiger partial charge on any atom is -0.480 e. The number of carboxylic acids is 1. The largest absolute Gasteiger partial charge is 0.480 e. The van der Waals surface area contributed by atoms with Crippen LogP contribution in [0, 0.1) is 11.6 Å². The summed E-state index contributed by atoms with van der Waals surface area (Å²) in [5.41, 5.74) is -0.397. The van der Waals surface area contributed by atoms with E-state index in [2.05, 4.69) is 11.9 Å². The summed E-state index contributed by atoms with van der Waals surface area (Å²) in [7, 11) is 0. The van der Waals surface area contributed by atoms with Crippen molar-refractivity contribution < 1.29 is 23.5 Å². The maximum absolute atomic E-state index is 13.3. The van der Waals surface area contributed by atoms with E-state index in [9.17, 15) is 18.4 Å². The Morgan fingerprint density at radius 1 is 1.42 bits per heavy atom. The number of benzene rings is 1. The first-order chi connectivity index (χ1) is 8.95. The lowest BCUT2D eigenvalue weighted by Gasteiger charge is -2.13. The zero-order valence-corrected chi connectivity index (χ0v) is 10.0. The molecule has 0 aromatic heterocycles. The van der Waals surface area contributed by atoms with Crippen LogP contribution in [0.2, 0.25) is 0 Å². The smallest absolute Gasteiger partial charge is 0.326 e. The Morgan fingerprint density at radius 3 is 2.63 bits per heavy atom. The van der Waals surface area contributed by atoms with Crippen LogP contribution in [0.4, 0.5) is 8.78 Å². The number of carboxylic acid groups (broad SMARTS) is 1. The molecule has 4 nitrogen and oxygen atoms in total. The van der Waals surface area contributed by atoms with Crippen molar-refractivity contribution in [3.63, 3.8) is 0 Å². The zero-order chi connectivity index (χ0) is 14.4. The van der Waals surface area contributed by atoms with E-state index in [0.717, 1.165) is 12.1 Å². The van der Waals surface area contributed by atoms with Gasteiger partial charge in [-0.25, -0.2) is 13.6 Å². The standard InChI is InChI=1S/C13H13F2NO3/c1-2-3-4-11(13(18)19)16-12(17)9-6-5-8(14)7-10(9)15/h2,5-7,11H,1,3-4H2,(H,16,17)(H,18,19)/t11-/m0/s1. The molecule has 0 bridgehead atoms. The maximum atomic E-state index is 13.3. The molecule has 0 spiro atoms. The first kappa shape index (κ1) is 14.8. The molecule has 0 fully saturated rings. The first-order valence-electron chi connectivity index (χ1n) is 5.55. The number of halogens is 2. The average Bonchev–Trinajstić information content (AvgIpc) is 2.33. The van der Waals surface area contributed by atoms with Crippen molar-refractivity contribution in [1.82, 2.24) is 5.32 Å². The number of carbonyl (C=O) groups is 2. The van der Waals surface area contributed by atoms with Gasteiger partial charge in [0.15, 0.2) is 0 Å². The SMILES string of the molecule is C=CCC[C@H](NC(=O)c1ccc(F)cc1F)C(=O)O. The van der Waals surface area contributed by atoms with Crippen LogP contribution in [0.15, 0.2) is 30.9 Å². The van der Waals surface area contributed by atoms with Crippen molar-refractivity contribution in [2.75, 3.05) is 0 Å². The van der Waals surface area contributed by atoms with Crippen molar-refractivity contribution >= 4 is 11.9 Å². The summed E-state index contributed by atoms with van der Waals surface area (Å²) < 4.78 is 26.0. The van der Waals surface area contributed by atoms with Gasteiger partial charge in [0, 0.05) is 6.07 Å². The molecule has 1 aromatic carbocycles. The Hall–Kier alpha value is -2.24. The summed E-state index contributed by atoms with van der Waals surface area (Å²) in [6.07, 6.45) is 2.05. The molecule has 1 aromatic rings. The molecule has 2 N–H and O–H groups in total. The summed E-state index contributed by atoms with van der Waals surface area (Å²) in [5.74, 6) is -3.97. The molecule has 0 saturated heterocycles. The van der Waals surface area contributed by atoms with E-state index in [1.54, 1.807) is 0 Å². The van der Waals surface area contributed by atoms with Crippen LogP contribution in [0.25, 0.3) is 0 Å². The van der Waals surface area contributed by atoms with Crippen molar-refractivity contribution in [2.45, 2.75) is 18.9 Å². The quantitative estimate of drug-likeness (QED) is 0.777. The zero-order valence-electron chi connectivity index (χ0n) is 10.0. The normalized spacial score (nSPS) is 11.7. The predicted octanol–water partition coefficient (Wildman–Crippen LogP) is 2.11. The lowest BCUT2D eigenvalue weighted by Crippen LogP contribution is -2.41. The van der Waals surface area contributed by atoms with Gasteiger partial charge in [-0.15, -0.1) is 6.58 Å². The molecule has 1 amide bonds. The Labute approximate surface area is 108 Å². The van der Waals surface area contributed by atoms with E-state index in [4.69, 9.17) is 5.11 Å². The summed E-state index contributed by atoms with van der Waals surface area (Å²) in [5, 5.41) is 11.1. The monoisotopic (exact) mass is 269 g/mol. The summed E-state index contributed by atoms with van der Waals surface area (Å²) >= 11 is 0. The fourth-order valence-electron chi connectivity index (χ4n) is 1.45. The van der Waals surface area contributed by atoms with Crippen LogP contribution in [0.1, 0.15) is 23.2 Å². The van der Waals surface area contributed by atoms with Gasteiger partial charge in [0.25, 0.3) is 5.91 Å². The highest BCUT2D eigenvalue weighted by molar-refractivity contribution is 5.96. The highest BCUT2D eigenvalue weighted by Crippen LogP contribution is 2.10. The number of allylic oxidation sites excluding steroid dienone is 1. The van der Waals surface area contributed by atoms with Crippen molar-refractivity contribution in [3.05, 3.63) is 48.1 Å². The van der Waals surface area contributed by atoms with E-state index >= 15 is 0 Å². The van der Waals surface area contributed by atoms with Gasteiger partial charge in [-0.3, -0.25) is 4.79 Å². The summed E-state index contributed by atoms with van der Waals surface area (Å²) in [6, 6.07) is 1.31. The molecule has 0 aliphatic rings. The van der Waals surface area contributed by atoms with Crippen LogP contribution in [0.3, 0.4) is 0 Å². The van der Waals surface area contributed by atoms with Crippen molar-refractivity contribution in [3.8, 4) is 0 Å². The van der Waals surface area contributed by atoms with E-state index in [1.165, 1.54) is 6.08 Å². The third kappa shape index (κ3) is 4.17. The van der Waals surface area contributed by atoms with Crippen LogP contribution in [-0.4, -0.2) is 23.0 Å². The Morgan fingerprint density at radius 2 is 2.11 bits per heavy atom. The van der Waals surface area contributed by atoms with Gasteiger partial charge in [-0.2, -0.15) is 0 Å². The molecule has 1 atom stereocenters. The van der Waals surface area contributed by atoms with Crippen molar-refractivity contribution in [2.24, 2.45) is 0 Å². The van der Waals surface area contributed by atoms with Gasteiger partial charge in [-0.1, -0.05) is 6.08 Å². The molecule has 19 heavy (non-hydrogen) atoms. The molecular formula is C13H13F2NO3. The van der Waals surface area contributed by atoms with Crippen LogP contribution < -0.4 is 5.32 Å². The summed E-state index contributed by atoms with van der Waals surface area (Å²) in [6.45, 7) is 3.45. The fourth-order valence-corrected chi connectivity index (χ4v) is 1.45. The second-order valence-electron chi connectivity index (χ2n) is 3.85. The predicted molar refractivity (Wildman–Crippen MR) is 64.7 cm³/mol. The lowest BCUT2D eigenvalue weighted by molar-refractivity contribution is -0.139. The number of hydrogen-bond donors (Lipinski definition) is 2. The van der Waals surface area contributed by atoms with Gasteiger partial charge in [0.1, 0.15) is 17.7 Å². The van der Waals surface area contributed by atoms with Gasteiger partial charge in [-0.05, 0) is 25.0 Å². The molecule has 0 radical (unpaired) electrons. The minimum absolute atomic E-state index is 0.146. The van der Waals surface area contributed by atoms with E-state index in [-0.39, 0.29) is 6.42 Å². The van der Waals surface area contributed by atoms with Gasteiger partial charge in [0.05, 0.1) is 5.56 Å². The molecule has 0 heterocycles. The Bertz CT molecular complexity index is 503. The third-order valence-electron chi connectivity index (χ3n) is 2.44. The minimum atomic E-state index is -1.22. The molecule has 6 heteroatoms. The van der Waals surface area contributed by atoms with Gasteiger partial charge in [0.2, 0.25) is 0 Å². The number of rotatable bonds is 6. The number of nitrogens with one attached hydrogen (secondary N) is 1. The molecule has 1 rings (SSSR count). The third-order valence-corrected chi connectivity index (χ3v) is 2.44. The molecule has 0 saturated carbocycles. The number of aliphatic carboxylic acids is 1. The maximum Gasteiger partial charge on any atom is 0.326 e. The topological polar surface area (TPSA) is 66.4 Å². The molecule has 0 aliphatic carbocycles. The highest BCUT2D eigenvalue weighted by Gasteiger charge is 2.21. The van der Waals surface area contributed by atoms with Gasteiger partial charge >= 0.3 is 5.97 Å².